The predicted molar refractivity (Wildman–Crippen MR) is 138 cm³/mol. The smallest absolute Gasteiger partial charge is 0.411 e. The van der Waals surface area contributed by atoms with E-state index in [9.17, 15) is 19.2 Å². The summed E-state index contributed by atoms with van der Waals surface area (Å²) in [7, 11) is 1.34. The minimum atomic E-state index is -0.580. The first-order valence-electron chi connectivity index (χ1n) is 13.0. The van der Waals surface area contributed by atoms with Crippen molar-refractivity contribution in [3.05, 3.63) is 0 Å². The van der Waals surface area contributed by atoms with Crippen LogP contribution < -0.4 is 0 Å². The molecule has 10 nitrogen and oxygen atoms in total. The summed E-state index contributed by atoms with van der Waals surface area (Å²) in [6.07, 6.45) is 1.92. The van der Waals surface area contributed by atoms with Gasteiger partial charge in [0.25, 0.3) is 0 Å². The van der Waals surface area contributed by atoms with Gasteiger partial charge in [-0.1, -0.05) is 13.8 Å². The van der Waals surface area contributed by atoms with Gasteiger partial charge >= 0.3 is 18.2 Å². The summed E-state index contributed by atoms with van der Waals surface area (Å²) < 4.78 is 15.4. The highest BCUT2D eigenvalue weighted by atomic mass is 16.6. The highest BCUT2D eigenvalue weighted by molar-refractivity contribution is 5.89. The second kappa shape index (κ2) is 13.6. The lowest BCUT2D eigenvalue weighted by atomic mass is 9.89. The largest absolute Gasteiger partial charge is 0.467 e. The van der Waals surface area contributed by atoms with Gasteiger partial charge < -0.3 is 14.2 Å². The minimum absolute atomic E-state index is 0.156. The monoisotopic (exact) mass is 523 g/mol. The molecular formula is C27H45N3O7. The molecule has 10 heteroatoms. The summed E-state index contributed by atoms with van der Waals surface area (Å²) in [6.45, 7) is 16.0. The quantitative estimate of drug-likeness (QED) is 0.385. The SMILES string of the molecule is CC1CCN(C(=O)OC(C)(C)C)C(C(=O)CC#N)C1.COC(=O)C1CC(C)CCN1C(=O)OC(C)(C)C. The second-order valence-corrected chi connectivity index (χ2v) is 12.0. The molecule has 0 N–H and O–H groups in total. The fraction of sp³-hybridized carbons (Fsp3) is 0.815. The molecule has 0 saturated carbocycles. The Morgan fingerprint density at radius 2 is 1.22 bits per heavy atom. The number of hydrogen-bond donors (Lipinski definition) is 0. The molecule has 210 valence electrons. The molecule has 0 aromatic carbocycles. The van der Waals surface area contributed by atoms with Gasteiger partial charge in [0.15, 0.2) is 5.78 Å². The molecule has 0 aromatic heterocycles. The van der Waals surface area contributed by atoms with Crippen LogP contribution in [0.1, 0.15) is 87.5 Å². The molecule has 2 aliphatic heterocycles. The van der Waals surface area contributed by atoms with E-state index in [4.69, 9.17) is 19.5 Å². The number of methoxy groups -OCH3 is 1. The number of amides is 2. The lowest BCUT2D eigenvalue weighted by Crippen LogP contribution is -2.51. The Bertz CT molecular complexity index is 854. The summed E-state index contributed by atoms with van der Waals surface area (Å²) in [5, 5.41) is 8.64. The number of rotatable bonds is 3. The Hall–Kier alpha value is -2.83. The van der Waals surface area contributed by atoms with Crippen molar-refractivity contribution in [2.45, 2.75) is 111 Å². The zero-order valence-corrected chi connectivity index (χ0v) is 24.0. The Morgan fingerprint density at radius 3 is 1.59 bits per heavy atom. The molecule has 4 atom stereocenters. The number of ketones is 1. The third-order valence-electron chi connectivity index (χ3n) is 6.08. The maximum Gasteiger partial charge on any atom is 0.411 e. The number of nitrogens with zero attached hydrogens (tertiary/aromatic N) is 3. The van der Waals surface area contributed by atoms with Crippen molar-refractivity contribution in [3.63, 3.8) is 0 Å². The van der Waals surface area contributed by atoms with Crippen molar-refractivity contribution >= 4 is 23.9 Å². The molecule has 2 rings (SSSR count). The van der Waals surface area contributed by atoms with Gasteiger partial charge in [-0.05, 0) is 79.1 Å². The number of Topliss-reactive ketones (excluding diaryl/α,β-unsaturated/α-hetero) is 1. The van der Waals surface area contributed by atoms with E-state index in [1.54, 1.807) is 20.8 Å². The highest BCUT2D eigenvalue weighted by Crippen LogP contribution is 2.26. The van der Waals surface area contributed by atoms with E-state index in [1.165, 1.54) is 16.9 Å². The normalized spacial score (nSPS) is 24.1. The van der Waals surface area contributed by atoms with Gasteiger partial charge in [-0.15, -0.1) is 0 Å². The van der Waals surface area contributed by atoms with Crippen LogP contribution in [0.3, 0.4) is 0 Å². The number of carbonyl (C=O) groups is 4. The summed E-state index contributed by atoms with van der Waals surface area (Å²) >= 11 is 0. The first kappa shape index (κ1) is 32.2. The fourth-order valence-electron chi connectivity index (χ4n) is 4.22. The molecule has 0 bridgehead atoms. The summed E-state index contributed by atoms with van der Waals surface area (Å²) in [6, 6.07) is 0.824. The Morgan fingerprint density at radius 1 is 0.811 bits per heavy atom. The maximum atomic E-state index is 12.1. The van der Waals surface area contributed by atoms with Gasteiger partial charge in [0, 0.05) is 13.1 Å². The van der Waals surface area contributed by atoms with Crippen molar-refractivity contribution in [3.8, 4) is 6.07 Å². The van der Waals surface area contributed by atoms with E-state index >= 15 is 0 Å². The van der Waals surface area contributed by atoms with E-state index < -0.39 is 35.5 Å². The van der Waals surface area contributed by atoms with Crippen LogP contribution in [0.2, 0.25) is 0 Å². The molecule has 2 saturated heterocycles. The zero-order chi connectivity index (χ0) is 28.6. The Balaban J connectivity index is 0.000000371. The van der Waals surface area contributed by atoms with Gasteiger partial charge in [0.05, 0.1) is 25.6 Å². The molecule has 0 spiro atoms. The van der Waals surface area contributed by atoms with Crippen LogP contribution in [-0.4, -0.2) is 77.2 Å². The fourth-order valence-corrected chi connectivity index (χ4v) is 4.22. The second-order valence-electron chi connectivity index (χ2n) is 12.0. The number of hydrogen-bond acceptors (Lipinski definition) is 8. The summed E-state index contributed by atoms with van der Waals surface area (Å²) in [4.78, 5) is 50.8. The summed E-state index contributed by atoms with van der Waals surface area (Å²) in [5.74, 6) is 0.228. The number of likely N-dealkylation sites (tertiary alicyclic amines) is 2. The topological polar surface area (TPSA) is 126 Å². The maximum absolute atomic E-state index is 12.1. The summed E-state index contributed by atoms with van der Waals surface area (Å²) in [5.41, 5.74) is -1.14. The molecule has 2 amide bonds. The molecule has 37 heavy (non-hydrogen) atoms. The molecule has 0 radical (unpaired) electrons. The van der Waals surface area contributed by atoms with Crippen molar-refractivity contribution in [2.75, 3.05) is 20.2 Å². The van der Waals surface area contributed by atoms with Crippen LogP contribution in [0.25, 0.3) is 0 Å². The number of piperidine rings is 2. The first-order chi connectivity index (χ1) is 17.0. The third kappa shape index (κ3) is 11.0. The van der Waals surface area contributed by atoms with Gasteiger partial charge in [0.1, 0.15) is 17.2 Å². The van der Waals surface area contributed by atoms with Gasteiger partial charge in [-0.25, -0.2) is 14.4 Å². The zero-order valence-electron chi connectivity index (χ0n) is 24.0. The van der Waals surface area contributed by atoms with E-state index in [2.05, 4.69) is 13.8 Å². The average molecular weight is 524 g/mol. The molecule has 0 aliphatic carbocycles. The van der Waals surface area contributed by atoms with Crippen LogP contribution in [-0.2, 0) is 23.8 Å². The van der Waals surface area contributed by atoms with Gasteiger partial charge in [0.2, 0.25) is 0 Å². The highest BCUT2D eigenvalue weighted by Gasteiger charge is 2.38. The molecule has 2 fully saturated rings. The first-order valence-corrected chi connectivity index (χ1v) is 13.0. The van der Waals surface area contributed by atoms with Crippen LogP contribution in [0.4, 0.5) is 9.59 Å². The van der Waals surface area contributed by atoms with E-state index in [0.717, 1.165) is 12.8 Å². The van der Waals surface area contributed by atoms with Crippen molar-refractivity contribution in [1.82, 2.24) is 9.80 Å². The molecular weight excluding hydrogens is 478 g/mol. The lowest BCUT2D eigenvalue weighted by Gasteiger charge is -2.38. The molecule has 4 unspecified atom stereocenters. The van der Waals surface area contributed by atoms with E-state index in [-0.39, 0.29) is 18.2 Å². The van der Waals surface area contributed by atoms with Gasteiger partial charge in [-0.3, -0.25) is 14.6 Å². The van der Waals surface area contributed by atoms with E-state index in [0.29, 0.717) is 37.8 Å². The van der Waals surface area contributed by atoms with E-state index in [1.807, 2.05) is 26.8 Å². The van der Waals surface area contributed by atoms with Crippen LogP contribution in [0.15, 0.2) is 0 Å². The third-order valence-corrected chi connectivity index (χ3v) is 6.08. The van der Waals surface area contributed by atoms with Crippen LogP contribution in [0, 0.1) is 23.2 Å². The average Bonchev–Trinajstić information content (AvgIpc) is 2.76. The van der Waals surface area contributed by atoms with Crippen molar-refractivity contribution < 1.29 is 33.4 Å². The number of carbonyl (C=O) groups excluding carboxylic acids is 4. The minimum Gasteiger partial charge on any atom is -0.467 e. The van der Waals surface area contributed by atoms with Crippen LogP contribution >= 0.6 is 0 Å². The number of esters is 1. The number of nitriles is 1. The Labute approximate surface area is 221 Å². The van der Waals surface area contributed by atoms with Crippen LogP contribution in [0.5, 0.6) is 0 Å². The van der Waals surface area contributed by atoms with Crippen molar-refractivity contribution in [1.29, 1.82) is 5.26 Å². The standard InChI is InChI=1S/C14H22N2O3.C13H23NO4/c1-10-6-8-16(13(18)19-14(2,3)4)11(9-10)12(17)5-7-15;1-9-6-7-14(10(8-9)11(15)17-5)12(16)18-13(2,3)4/h10-11H,5-6,8-9H2,1-4H3;9-10H,6-8H2,1-5H3. The molecule has 2 heterocycles. The van der Waals surface area contributed by atoms with Crippen molar-refractivity contribution in [2.24, 2.45) is 11.8 Å². The number of ether oxygens (including phenoxy) is 3. The molecule has 2 aliphatic rings. The predicted octanol–water partition coefficient (Wildman–Crippen LogP) is 4.70. The lowest BCUT2D eigenvalue weighted by molar-refractivity contribution is -0.148. The van der Waals surface area contributed by atoms with Gasteiger partial charge in [-0.2, -0.15) is 5.26 Å². The Kier molecular flexibility index (Phi) is 11.9. The molecule has 0 aromatic rings.